The zero-order valence-corrected chi connectivity index (χ0v) is 18.1. The van der Waals surface area contributed by atoms with E-state index in [1.807, 2.05) is 37.3 Å². The van der Waals surface area contributed by atoms with Gasteiger partial charge in [-0.2, -0.15) is 5.10 Å². The number of aryl methyl sites for hydroxylation is 1. The van der Waals surface area contributed by atoms with Crippen LogP contribution in [0.5, 0.6) is 11.6 Å². The van der Waals surface area contributed by atoms with Crippen LogP contribution in [0.15, 0.2) is 78.9 Å². The normalized spacial score (nSPS) is 10.8. The molecule has 0 radical (unpaired) electrons. The molecule has 1 N–H and O–H groups in total. The van der Waals surface area contributed by atoms with Gasteiger partial charge in [0.25, 0.3) is 0 Å². The van der Waals surface area contributed by atoms with E-state index in [0.29, 0.717) is 24.5 Å². The highest BCUT2D eigenvalue weighted by Gasteiger charge is 2.21. The lowest BCUT2D eigenvalue weighted by Gasteiger charge is -2.12. The van der Waals surface area contributed by atoms with Gasteiger partial charge in [-0.3, -0.25) is 4.79 Å². The summed E-state index contributed by atoms with van der Waals surface area (Å²) in [5, 5.41) is 7.32. The van der Waals surface area contributed by atoms with Gasteiger partial charge in [0.05, 0.1) is 17.1 Å². The summed E-state index contributed by atoms with van der Waals surface area (Å²) in [5.41, 5.74) is 2.50. The van der Waals surface area contributed by atoms with E-state index in [0.717, 1.165) is 16.9 Å². The summed E-state index contributed by atoms with van der Waals surface area (Å²) >= 11 is 0. The minimum Gasteiger partial charge on any atom is -0.439 e. The number of aromatic nitrogens is 2. The number of ether oxygens (including phenoxy) is 1. The van der Waals surface area contributed by atoms with Crippen LogP contribution < -0.4 is 10.1 Å². The molecule has 0 saturated heterocycles. The molecule has 4 aromatic rings. The molecule has 0 aliphatic rings. The van der Waals surface area contributed by atoms with Crippen molar-refractivity contribution in [3.8, 4) is 17.3 Å². The Morgan fingerprint density at radius 2 is 1.67 bits per heavy atom. The summed E-state index contributed by atoms with van der Waals surface area (Å²) in [4.78, 5) is 12.5. The highest BCUT2D eigenvalue weighted by atomic mass is 19.1. The average Bonchev–Trinajstić information content (AvgIpc) is 3.18. The molecule has 0 spiro atoms. The van der Waals surface area contributed by atoms with Crippen molar-refractivity contribution in [1.29, 1.82) is 0 Å². The van der Waals surface area contributed by atoms with E-state index in [9.17, 15) is 13.6 Å². The van der Waals surface area contributed by atoms with Crippen LogP contribution in [0.25, 0.3) is 5.69 Å². The molecule has 1 amide bonds. The third-order valence-electron chi connectivity index (χ3n) is 5.13. The molecule has 0 aliphatic heterocycles. The van der Waals surface area contributed by atoms with E-state index in [2.05, 4.69) is 5.32 Å². The maximum Gasteiger partial charge on any atom is 0.226 e. The topological polar surface area (TPSA) is 56.2 Å². The van der Waals surface area contributed by atoms with Crippen molar-refractivity contribution in [2.45, 2.75) is 26.2 Å². The fourth-order valence-corrected chi connectivity index (χ4v) is 3.49. The maximum absolute atomic E-state index is 13.9. The zero-order valence-electron chi connectivity index (χ0n) is 18.1. The molecule has 0 atom stereocenters. The Kier molecular flexibility index (Phi) is 6.78. The van der Waals surface area contributed by atoms with E-state index >= 15 is 0 Å². The molecule has 3 aromatic carbocycles. The monoisotopic (exact) mass is 447 g/mol. The molecule has 7 heteroatoms. The Balaban J connectivity index is 1.64. The molecule has 168 valence electrons. The van der Waals surface area contributed by atoms with E-state index in [-0.39, 0.29) is 23.8 Å². The van der Waals surface area contributed by atoms with Crippen LogP contribution in [0, 0.1) is 11.6 Å². The number of halogens is 2. The molecule has 4 rings (SSSR count). The number of benzene rings is 3. The van der Waals surface area contributed by atoms with Crippen LogP contribution in [0.2, 0.25) is 0 Å². The Morgan fingerprint density at radius 3 is 2.36 bits per heavy atom. The lowest BCUT2D eigenvalue weighted by molar-refractivity contribution is -0.116. The largest absolute Gasteiger partial charge is 0.439 e. The molecule has 1 heterocycles. The number of hydrogen-bond donors (Lipinski definition) is 1. The average molecular weight is 447 g/mol. The number of amides is 1. The third kappa shape index (κ3) is 5.26. The lowest BCUT2D eigenvalue weighted by atomic mass is 10.1. The van der Waals surface area contributed by atoms with Crippen molar-refractivity contribution in [1.82, 2.24) is 9.78 Å². The van der Waals surface area contributed by atoms with Crippen molar-refractivity contribution in [3.63, 3.8) is 0 Å². The summed E-state index contributed by atoms with van der Waals surface area (Å²) < 4.78 is 35.1. The van der Waals surface area contributed by atoms with E-state index in [1.54, 1.807) is 16.8 Å². The summed E-state index contributed by atoms with van der Waals surface area (Å²) in [5.74, 6) is -0.255. The first kappa shape index (κ1) is 22.2. The molecule has 5 nitrogen and oxygen atoms in total. The first-order chi connectivity index (χ1) is 16.0. The molecule has 1 aromatic heterocycles. The minimum absolute atomic E-state index is 0.113. The molecule has 0 fully saturated rings. The molecular formula is C26H23F2N3O2. The van der Waals surface area contributed by atoms with Gasteiger partial charge in [-0.25, -0.2) is 13.5 Å². The van der Waals surface area contributed by atoms with Gasteiger partial charge in [0, 0.05) is 12.0 Å². The second kappa shape index (κ2) is 10.1. The SMILES string of the molecule is CCc1nn(-c2ccccc2)c(Oc2ccc(F)cc2)c1CCC(=O)Nc1ccccc1F. The van der Waals surface area contributed by atoms with Gasteiger partial charge in [0.2, 0.25) is 11.8 Å². The van der Waals surface area contributed by atoms with Gasteiger partial charge >= 0.3 is 0 Å². The highest BCUT2D eigenvalue weighted by molar-refractivity contribution is 5.91. The van der Waals surface area contributed by atoms with Crippen LogP contribution in [0.3, 0.4) is 0 Å². The maximum atomic E-state index is 13.9. The quantitative estimate of drug-likeness (QED) is 0.356. The first-order valence-corrected chi connectivity index (χ1v) is 10.7. The van der Waals surface area contributed by atoms with Crippen molar-refractivity contribution in [3.05, 3.63) is 102 Å². The Bertz CT molecular complexity index is 1240. The minimum atomic E-state index is -0.489. The number of para-hydroxylation sites is 2. The van der Waals surface area contributed by atoms with Gasteiger partial charge in [0.1, 0.15) is 17.4 Å². The van der Waals surface area contributed by atoms with Crippen molar-refractivity contribution >= 4 is 11.6 Å². The zero-order chi connectivity index (χ0) is 23.2. The first-order valence-electron chi connectivity index (χ1n) is 10.7. The van der Waals surface area contributed by atoms with Crippen LogP contribution >= 0.6 is 0 Å². The molecule has 0 aliphatic carbocycles. The summed E-state index contributed by atoms with van der Waals surface area (Å²) in [6.45, 7) is 1.97. The summed E-state index contributed by atoms with van der Waals surface area (Å²) in [6, 6.07) is 21.3. The molecule has 0 unspecified atom stereocenters. The van der Waals surface area contributed by atoms with Gasteiger partial charge in [-0.15, -0.1) is 0 Å². The van der Waals surface area contributed by atoms with Crippen LogP contribution in [0.4, 0.5) is 14.5 Å². The number of carbonyl (C=O) groups excluding carboxylic acids is 1. The predicted octanol–water partition coefficient (Wildman–Crippen LogP) is 6.08. The number of anilines is 1. The molecular weight excluding hydrogens is 424 g/mol. The van der Waals surface area contributed by atoms with Crippen LogP contribution in [-0.4, -0.2) is 15.7 Å². The highest BCUT2D eigenvalue weighted by Crippen LogP contribution is 2.32. The Hall–Kier alpha value is -4.00. The number of rotatable bonds is 8. The lowest BCUT2D eigenvalue weighted by Crippen LogP contribution is -2.13. The predicted molar refractivity (Wildman–Crippen MR) is 123 cm³/mol. The number of nitrogens with one attached hydrogen (secondary N) is 1. The Morgan fingerprint density at radius 1 is 0.970 bits per heavy atom. The van der Waals surface area contributed by atoms with Gasteiger partial charge < -0.3 is 10.1 Å². The molecule has 0 saturated carbocycles. The number of carbonyl (C=O) groups is 1. The Labute approximate surface area is 190 Å². The summed E-state index contributed by atoms with van der Waals surface area (Å²) in [6.07, 6.45) is 1.08. The molecule has 0 bridgehead atoms. The van der Waals surface area contributed by atoms with E-state index in [4.69, 9.17) is 9.84 Å². The fourth-order valence-electron chi connectivity index (χ4n) is 3.49. The van der Waals surface area contributed by atoms with Crippen LogP contribution in [-0.2, 0) is 17.6 Å². The van der Waals surface area contributed by atoms with Gasteiger partial charge in [0.15, 0.2) is 0 Å². The third-order valence-corrected chi connectivity index (χ3v) is 5.13. The van der Waals surface area contributed by atoms with E-state index < -0.39 is 5.82 Å². The fraction of sp³-hybridized carbons (Fsp3) is 0.154. The van der Waals surface area contributed by atoms with Crippen molar-refractivity contribution in [2.75, 3.05) is 5.32 Å². The van der Waals surface area contributed by atoms with Crippen molar-refractivity contribution in [2.24, 2.45) is 0 Å². The van der Waals surface area contributed by atoms with Crippen LogP contribution in [0.1, 0.15) is 24.6 Å². The standard InChI is InChI=1S/C26H23F2N3O2/c1-2-23-21(16-17-25(32)29-24-11-7-6-10-22(24)28)26(33-20-14-12-18(27)13-15-20)31(30-23)19-8-4-3-5-9-19/h3-15H,2,16-17H2,1H3,(H,29,32). The summed E-state index contributed by atoms with van der Waals surface area (Å²) in [7, 11) is 0. The van der Waals surface area contributed by atoms with Crippen molar-refractivity contribution < 1.29 is 18.3 Å². The number of nitrogens with zero attached hydrogens (tertiary/aromatic N) is 2. The smallest absolute Gasteiger partial charge is 0.226 e. The second-order valence-corrected chi connectivity index (χ2v) is 7.42. The second-order valence-electron chi connectivity index (χ2n) is 7.42. The number of hydrogen-bond acceptors (Lipinski definition) is 3. The van der Waals surface area contributed by atoms with Gasteiger partial charge in [-0.1, -0.05) is 37.3 Å². The van der Waals surface area contributed by atoms with E-state index in [1.165, 1.54) is 36.4 Å². The van der Waals surface area contributed by atoms with Gasteiger partial charge in [-0.05, 0) is 61.4 Å². The molecule has 33 heavy (non-hydrogen) atoms.